The highest BCUT2D eigenvalue weighted by Gasteiger charge is 2.23. The summed E-state index contributed by atoms with van der Waals surface area (Å²) in [4.78, 5) is 30.3. The summed E-state index contributed by atoms with van der Waals surface area (Å²) in [6.45, 7) is 3.76. The standard InChI is InChI=1S/C32H34FN3O3/c1-3-18-35(32(38)27-14-16-28(33)17-15-27)24-31(37)36(21-25-9-5-4-6-10-25)23-29-12-8-19-34(29)22-26-11-7-13-30(20-26)39-2/h4-17,19-20H,3,18,21-24H2,1-2H3. The van der Waals surface area contributed by atoms with Crippen molar-refractivity contribution in [3.8, 4) is 5.75 Å². The van der Waals surface area contributed by atoms with Crippen LogP contribution in [0, 0.1) is 5.82 Å². The van der Waals surface area contributed by atoms with Gasteiger partial charge in [-0.25, -0.2) is 4.39 Å². The van der Waals surface area contributed by atoms with Crippen molar-refractivity contribution in [2.24, 2.45) is 0 Å². The first-order chi connectivity index (χ1) is 19.0. The monoisotopic (exact) mass is 527 g/mol. The van der Waals surface area contributed by atoms with Crippen molar-refractivity contribution in [2.45, 2.75) is 33.0 Å². The second-order valence-corrected chi connectivity index (χ2v) is 9.45. The van der Waals surface area contributed by atoms with E-state index in [0.717, 1.165) is 22.6 Å². The number of amides is 2. The second-order valence-electron chi connectivity index (χ2n) is 9.45. The normalized spacial score (nSPS) is 10.7. The molecule has 4 rings (SSSR count). The molecule has 0 aliphatic rings. The number of aromatic nitrogens is 1. The van der Waals surface area contributed by atoms with Gasteiger partial charge in [0.1, 0.15) is 18.1 Å². The van der Waals surface area contributed by atoms with Gasteiger partial charge in [-0.05, 0) is 66.1 Å². The van der Waals surface area contributed by atoms with Gasteiger partial charge < -0.3 is 19.1 Å². The first kappa shape index (κ1) is 27.6. The summed E-state index contributed by atoms with van der Waals surface area (Å²) in [6.07, 6.45) is 2.70. The summed E-state index contributed by atoms with van der Waals surface area (Å²) in [5.41, 5.74) is 3.43. The molecule has 1 aromatic heterocycles. The van der Waals surface area contributed by atoms with Crippen molar-refractivity contribution in [1.82, 2.24) is 14.4 Å². The molecule has 6 nitrogen and oxygen atoms in total. The van der Waals surface area contributed by atoms with Crippen LogP contribution in [-0.4, -0.2) is 46.4 Å². The summed E-state index contributed by atoms with van der Waals surface area (Å²) in [5.74, 6) is -0.0530. The Bertz CT molecular complexity index is 1370. The Balaban J connectivity index is 1.55. The number of nitrogens with zero attached hydrogens (tertiary/aromatic N) is 3. The van der Waals surface area contributed by atoms with Crippen LogP contribution in [0.15, 0.2) is 97.2 Å². The van der Waals surface area contributed by atoms with E-state index in [-0.39, 0.29) is 18.4 Å². The molecule has 39 heavy (non-hydrogen) atoms. The second kappa shape index (κ2) is 13.4. The molecular weight excluding hydrogens is 493 g/mol. The lowest BCUT2D eigenvalue weighted by atomic mass is 10.1. The van der Waals surface area contributed by atoms with Crippen molar-refractivity contribution < 1.29 is 18.7 Å². The SMILES string of the molecule is CCCN(CC(=O)N(Cc1ccccc1)Cc1cccn1Cc1cccc(OC)c1)C(=O)c1ccc(F)cc1. The minimum atomic E-state index is -0.407. The molecule has 7 heteroatoms. The van der Waals surface area contributed by atoms with Gasteiger partial charge in [-0.3, -0.25) is 9.59 Å². The van der Waals surface area contributed by atoms with E-state index in [4.69, 9.17) is 4.74 Å². The van der Waals surface area contributed by atoms with E-state index in [1.165, 1.54) is 24.3 Å². The van der Waals surface area contributed by atoms with E-state index in [9.17, 15) is 14.0 Å². The van der Waals surface area contributed by atoms with E-state index in [2.05, 4.69) is 4.57 Å². The van der Waals surface area contributed by atoms with Crippen molar-refractivity contribution in [2.75, 3.05) is 20.2 Å². The topological polar surface area (TPSA) is 54.8 Å². The smallest absolute Gasteiger partial charge is 0.254 e. The Hall–Kier alpha value is -4.39. The molecule has 0 unspecified atom stereocenters. The number of hydrogen-bond donors (Lipinski definition) is 0. The third-order valence-electron chi connectivity index (χ3n) is 6.53. The first-order valence-electron chi connectivity index (χ1n) is 13.1. The van der Waals surface area contributed by atoms with Crippen LogP contribution in [0.3, 0.4) is 0 Å². The number of carbonyl (C=O) groups is 2. The number of halogens is 1. The summed E-state index contributed by atoms with van der Waals surface area (Å²) in [7, 11) is 1.65. The molecule has 2 amide bonds. The fourth-order valence-electron chi connectivity index (χ4n) is 4.51. The molecule has 1 heterocycles. The van der Waals surface area contributed by atoms with Crippen LogP contribution in [0.25, 0.3) is 0 Å². The number of carbonyl (C=O) groups excluding carboxylic acids is 2. The Morgan fingerprint density at radius 1 is 0.846 bits per heavy atom. The summed E-state index contributed by atoms with van der Waals surface area (Å²) < 4.78 is 20.9. The van der Waals surface area contributed by atoms with Gasteiger partial charge in [0.15, 0.2) is 0 Å². The van der Waals surface area contributed by atoms with Gasteiger partial charge in [0.25, 0.3) is 5.91 Å². The average molecular weight is 528 g/mol. The molecule has 3 aromatic carbocycles. The van der Waals surface area contributed by atoms with Gasteiger partial charge in [0.05, 0.1) is 13.7 Å². The van der Waals surface area contributed by atoms with Gasteiger partial charge in [-0.2, -0.15) is 0 Å². The van der Waals surface area contributed by atoms with Gasteiger partial charge in [-0.15, -0.1) is 0 Å². The maximum Gasteiger partial charge on any atom is 0.254 e. The molecule has 0 radical (unpaired) electrons. The number of rotatable bonds is 12. The van der Waals surface area contributed by atoms with Gasteiger partial charge >= 0.3 is 0 Å². The van der Waals surface area contributed by atoms with Gasteiger partial charge in [0.2, 0.25) is 5.91 Å². The highest BCUT2D eigenvalue weighted by Crippen LogP contribution is 2.18. The third kappa shape index (κ3) is 7.57. The molecule has 0 aliphatic heterocycles. The minimum Gasteiger partial charge on any atom is -0.497 e. The minimum absolute atomic E-state index is 0.0620. The fraction of sp³-hybridized carbons (Fsp3) is 0.250. The lowest BCUT2D eigenvalue weighted by molar-refractivity contribution is -0.133. The van der Waals surface area contributed by atoms with Crippen LogP contribution in [-0.2, 0) is 24.4 Å². The van der Waals surface area contributed by atoms with Crippen LogP contribution in [0.1, 0.15) is 40.5 Å². The average Bonchev–Trinajstić information content (AvgIpc) is 3.39. The summed E-state index contributed by atoms with van der Waals surface area (Å²) in [6, 6.07) is 27.2. The van der Waals surface area contributed by atoms with Crippen LogP contribution in [0.2, 0.25) is 0 Å². The molecule has 0 saturated heterocycles. The van der Waals surface area contributed by atoms with E-state index in [1.807, 2.05) is 79.9 Å². The van der Waals surface area contributed by atoms with Gasteiger partial charge in [0, 0.05) is 37.1 Å². The molecule has 0 N–H and O–H groups in total. The van der Waals surface area contributed by atoms with Crippen molar-refractivity contribution in [1.29, 1.82) is 0 Å². The summed E-state index contributed by atoms with van der Waals surface area (Å²) in [5, 5.41) is 0. The lowest BCUT2D eigenvalue weighted by Crippen LogP contribution is -2.43. The molecule has 0 spiro atoms. The van der Waals surface area contributed by atoms with E-state index in [0.29, 0.717) is 38.2 Å². The maximum atomic E-state index is 13.7. The third-order valence-corrected chi connectivity index (χ3v) is 6.53. The van der Waals surface area contributed by atoms with Crippen LogP contribution in [0.4, 0.5) is 4.39 Å². The first-order valence-corrected chi connectivity index (χ1v) is 13.1. The number of hydrogen-bond acceptors (Lipinski definition) is 3. The molecule has 0 atom stereocenters. The molecular formula is C32H34FN3O3. The van der Waals surface area contributed by atoms with E-state index in [1.54, 1.807) is 16.9 Å². The van der Waals surface area contributed by atoms with Crippen LogP contribution >= 0.6 is 0 Å². The Morgan fingerprint density at radius 3 is 2.31 bits per heavy atom. The molecule has 0 saturated carbocycles. The fourth-order valence-corrected chi connectivity index (χ4v) is 4.51. The Morgan fingerprint density at radius 2 is 1.59 bits per heavy atom. The largest absolute Gasteiger partial charge is 0.497 e. The van der Waals surface area contributed by atoms with E-state index >= 15 is 0 Å². The highest BCUT2D eigenvalue weighted by atomic mass is 19.1. The number of methoxy groups -OCH3 is 1. The lowest BCUT2D eigenvalue weighted by Gasteiger charge is -2.28. The quantitative estimate of drug-likeness (QED) is 0.235. The Labute approximate surface area is 229 Å². The predicted molar refractivity (Wildman–Crippen MR) is 150 cm³/mol. The molecule has 4 aromatic rings. The van der Waals surface area contributed by atoms with Crippen LogP contribution in [0.5, 0.6) is 5.75 Å². The zero-order chi connectivity index (χ0) is 27.6. The van der Waals surface area contributed by atoms with Crippen molar-refractivity contribution in [3.05, 3.63) is 125 Å². The number of benzene rings is 3. The van der Waals surface area contributed by atoms with E-state index < -0.39 is 5.82 Å². The molecule has 0 bridgehead atoms. The maximum absolute atomic E-state index is 13.7. The van der Waals surface area contributed by atoms with Gasteiger partial charge in [-0.1, -0.05) is 49.4 Å². The zero-order valence-corrected chi connectivity index (χ0v) is 22.4. The Kier molecular flexibility index (Phi) is 9.51. The predicted octanol–water partition coefficient (Wildman–Crippen LogP) is 5.77. The molecule has 202 valence electrons. The molecule has 0 aliphatic carbocycles. The van der Waals surface area contributed by atoms with Crippen molar-refractivity contribution in [3.63, 3.8) is 0 Å². The zero-order valence-electron chi connectivity index (χ0n) is 22.4. The number of ether oxygens (including phenoxy) is 1. The highest BCUT2D eigenvalue weighted by molar-refractivity contribution is 5.96. The molecule has 0 fully saturated rings. The summed E-state index contributed by atoms with van der Waals surface area (Å²) >= 11 is 0. The van der Waals surface area contributed by atoms with Crippen molar-refractivity contribution >= 4 is 11.8 Å². The van der Waals surface area contributed by atoms with Crippen LogP contribution < -0.4 is 4.74 Å².